The molecule has 4 unspecified atom stereocenters. The first-order valence-electron chi connectivity index (χ1n) is 13.3. The van der Waals surface area contributed by atoms with Crippen LogP contribution in [0.1, 0.15) is 43.5 Å². The molecular weight excluding hydrogens is 540 g/mol. The van der Waals surface area contributed by atoms with E-state index in [0.717, 1.165) is 23.2 Å². The Morgan fingerprint density at radius 1 is 1.07 bits per heavy atom. The second kappa shape index (κ2) is 12.4. The molecule has 1 amide bonds. The van der Waals surface area contributed by atoms with Gasteiger partial charge in [0.25, 0.3) is 6.43 Å². The molecule has 2 N–H and O–H groups in total. The van der Waals surface area contributed by atoms with Gasteiger partial charge in [0, 0.05) is 36.8 Å². The number of alkyl halides is 2. The van der Waals surface area contributed by atoms with Gasteiger partial charge in [0.2, 0.25) is 5.91 Å². The molecule has 5 rings (SSSR count). The van der Waals surface area contributed by atoms with Crippen molar-refractivity contribution in [3.63, 3.8) is 0 Å². The van der Waals surface area contributed by atoms with Crippen LogP contribution in [0.15, 0.2) is 48.5 Å². The Balaban J connectivity index is 0.00000370. The molecule has 216 valence electrons. The number of methoxy groups -OCH3 is 2. The van der Waals surface area contributed by atoms with Crippen LogP contribution in [0.25, 0.3) is 11.3 Å². The predicted molar refractivity (Wildman–Crippen MR) is 153 cm³/mol. The Bertz CT molecular complexity index is 1320. The van der Waals surface area contributed by atoms with Gasteiger partial charge in [0.05, 0.1) is 32.4 Å². The normalized spacial score (nSPS) is 22.2. The van der Waals surface area contributed by atoms with Crippen LogP contribution in [0.2, 0.25) is 0 Å². The lowest BCUT2D eigenvalue weighted by atomic mass is 9.97. The lowest BCUT2D eigenvalue weighted by Gasteiger charge is -2.37. The number of nitrogens with one attached hydrogen (secondary N) is 2. The fourth-order valence-corrected chi connectivity index (χ4v) is 5.41. The van der Waals surface area contributed by atoms with Gasteiger partial charge in [-0.15, -0.1) is 12.4 Å². The molecule has 3 heterocycles. The average molecular weight is 576 g/mol. The molecule has 8 nitrogen and oxygen atoms in total. The number of fused-ring (bicyclic) bond motifs is 1. The highest BCUT2D eigenvalue weighted by atomic mass is 35.5. The molecule has 2 aromatic carbocycles. The largest absolute Gasteiger partial charge is 0.493 e. The van der Waals surface area contributed by atoms with Crippen LogP contribution < -0.4 is 20.1 Å². The molecule has 0 saturated carbocycles. The maximum Gasteiger partial charge on any atom is 0.260 e. The van der Waals surface area contributed by atoms with Crippen molar-refractivity contribution in [2.75, 3.05) is 32.6 Å². The van der Waals surface area contributed by atoms with E-state index in [1.54, 1.807) is 26.4 Å². The van der Waals surface area contributed by atoms with E-state index in [4.69, 9.17) is 9.47 Å². The summed E-state index contributed by atoms with van der Waals surface area (Å²) >= 11 is 0. The zero-order chi connectivity index (χ0) is 27.7. The maximum absolute atomic E-state index is 14.2. The van der Waals surface area contributed by atoms with Gasteiger partial charge in [0.1, 0.15) is 11.9 Å². The Morgan fingerprint density at radius 3 is 2.48 bits per heavy atom. The van der Waals surface area contributed by atoms with Gasteiger partial charge in [-0.1, -0.05) is 30.3 Å². The number of anilines is 1. The van der Waals surface area contributed by atoms with Gasteiger partial charge in [-0.2, -0.15) is 5.10 Å². The number of hydrogen-bond donors (Lipinski definition) is 2. The number of carbonyl (C=O) groups is 1. The summed E-state index contributed by atoms with van der Waals surface area (Å²) in [5.74, 6) is 1.76. The molecule has 2 aliphatic heterocycles. The maximum atomic E-state index is 14.2. The van der Waals surface area contributed by atoms with Gasteiger partial charge >= 0.3 is 0 Å². The Kier molecular flexibility index (Phi) is 9.20. The van der Waals surface area contributed by atoms with Crippen molar-refractivity contribution < 1.29 is 23.0 Å². The van der Waals surface area contributed by atoms with Crippen LogP contribution in [0.4, 0.5) is 14.6 Å². The summed E-state index contributed by atoms with van der Waals surface area (Å²) in [6.45, 7) is 5.62. The van der Waals surface area contributed by atoms with Crippen molar-refractivity contribution in [1.82, 2.24) is 20.0 Å². The summed E-state index contributed by atoms with van der Waals surface area (Å²) < 4.78 is 40.5. The predicted octanol–water partition coefficient (Wildman–Crippen LogP) is 5.10. The molecule has 1 saturated heterocycles. The first-order valence-corrected chi connectivity index (χ1v) is 13.3. The van der Waals surface area contributed by atoms with Crippen LogP contribution >= 0.6 is 12.4 Å². The number of benzene rings is 2. The minimum absolute atomic E-state index is 0. The highest BCUT2D eigenvalue weighted by molar-refractivity contribution is 5.85. The molecule has 40 heavy (non-hydrogen) atoms. The minimum Gasteiger partial charge on any atom is -0.493 e. The van der Waals surface area contributed by atoms with E-state index < -0.39 is 12.5 Å². The zero-order valence-corrected chi connectivity index (χ0v) is 23.9. The van der Waals surface area contributed by atoms with Crippen molar-refractivity contribution >= 4 is 24.1 Å². The van der Waals surface area contributed by atoms with E-state index in [0.29, 0.717) is 36.0 Å². The summed E-state index contributed by atoms with van der Waals surface area (Å²) in [7, 11) is 3.10. The van der Waals surface area contributed by atoms with Crippen molar-refractivity contribution in [2.45, 2.75) is 57.3 Å². The number of rotatable bonds is 7. The molecule has 4 atom stereocenters. The van der Waals surface area contributed by atoms with E-state index in [1.165, 1.54) is 4.68 Å². The number of aromatic nitrogens is 2. The van der Waals surface area contributed by atoms with E-state index in [1.807, 2.05) is 41.3 Å². The highest BCUT2D eigenvalue weighted by Gasteiger charge is 2.35. The smallest absolute Gasteiger partial charge is 0.260 e. The van der Waals surface area contributed by atoms with Crippen LogP contribution in [0.3, 0.4) is 0 Å². The number of carbonyl (C=O) groups excluding carboxylic acids is 1. The number of piperazine rings is 1. The highest BCUT2D eigenvalue weighted by Crippen LogP contribution is 2.41. The van der Waals surface area contributed by atoms with Gasteiger partial charge in [0.15, 0.2) is 11.5 Å². The molecule has 0 bridgehead atoms. The van der Waals surface area contributed by atoms with Crippen molar-refractivity contribution in [2.24, 2.45) is 0 Å². The number of nitrogens with zero attached hydrogens (tertiary/aromatic N) is 3. The Labute approximate surface area is 239 Å². The first-order chi connectivity index (χ1) is 18.8. The third-order valence-electron chi connectivity index (χ3n) is 7.64. The minimum atomic E-state index is -2.58. The molecular formula is C29H36ClF2N5O3. The quantitative estimate of drug-likeness (QED) is 0.408. The van der Waals surface area contributed by atoms with Crippen molar-refractivity contribution in [3.05, 3.63) is 59.7 Å². The molecule has 11 heteroatoms. The van der Waals surface area contributed by atoms with E-state index in [2.05, 4.69) is 29.6 Å². The lowest BCUT2D eigenvalue weighted by molar-refractivity contribution is -0.133. The summed E-state index contributed by atoms with van der Waals surface area (Å²) in [4.78, 5) is 14.9. The van der Waals surface area contributed by atoms with Crippen LogP contribution in [-0.4, -0.2) is 66.4 Å². The second-order valence-electron chi connectivity index (χ2n) is 10.4. The molecule has 0 radical (unpaired) electrons. The van der Waals surface area contributed by atoms with E-state index in [-0.39, 0.29) is 42.9 Å². The molecule has 1 aromatic heterocycles. The standard InChI is InChI=1S/C29H35F2N5O3.ClH/c1-17-16-35(18(2)15-32-17)28(37)11-19-5-7-20(8-6-19)23-14-27-33-22(13-24(29(30)31)36(27)34-23)21-9-10-25(38-3)26(12-21)39-4;/h5-10,12,14,17-18,22,24,29,32-33H,11,13,15-16H2,1-4H3;1H. The fraction of sp³-hybridized carbons (Fsp3) is 0.448. The third-order valence-corrected chi connectivity index (χ3v) is 7.64. The zero-order valence-electron chi connectivity index (χ0n) is 23.1. The van der Waals surface area contributed by atoms with Crippen LogP contribution in [0, 0.1) is 0 Å². The fourth-order valence-electron chi connectivity index (χ4n) is 5.41. The summed E-state index contributed by atoms with van der Waals surface area (Å²) in [5.41, 5.74) is 3.13. The van der Waals surface area contributed by atoms with Gasteiger partial charge in [-0.25, -0.2) is 13.5 Å². The van der Waals surface area contributed by atoms with E-state index >= 15 is 0 Å². The molecule has 0 aliphatic carbocycles. The number of halogens is 3. The third kappa shape index (κ3) is 6.02. The van der Waals surface area contributed by atoms with Gasteiger partial charge in [-0.3, -0.25) is 4.79 Å². The molecule has 1 fully saturated rings. The van der Waals surface area contributed by atoms with Crippen LogP contribution in [0.5, 0.6) is 11.5 Å². The molecule has 3 aromatic rings. The van der Waals surface area contributed by atoms with Crippen LogP contribution in [-0.2, 0) is 11.2 Å². The topological polar surface area (TPSA) is 80.7 Å². The number of hydrogen-bond acceptors (Lipinski definition) is 6. The summed E-state index contributed by atoms with van der Waals surface area (Å²) in [6, 6.07) is 13.9. The van der Waals surface area contributed by atoms with E-state index in [9.17, 15) is 13.6 Å². The lowest BCUT2D eigenvalue weighted by Crippen LogP contribution is -2.56. The van der Waals surface area contributed by atoms with Gasteiger partial charge < -0.3 is 25.0 Å². The van der Waals surface area contributed by atoms with Crippen molar-refractivity contribution in [3.8, 4) is 22.8 Å². The summed E-state index contributed by atoms with van der Waals surface area (Å²) in [5, 5.41) is 11.3. The second-order valence-corrected chi connectivity index (χ2v) is 10.4. The molecule has 0 spiro atoms. The average Bonchev–Trinajstić information content (AvgIpc) is 3.38. The molecule has 2 aliphatic rings. The first kappa shape index (κ1) is 29.6. The summed E-state index contributed by atoms with van der Waals surface area (Å²) in [6.07, 6.45) is -2.09. The Morgan fingerprint density at radius 2 is 1.80 bits per heavy atom. The van der Waals surface area contributed by atoms with Gasteiger partial charge in [-0.05, 0) is 43.5 Å². The monoisotopic (exact) mass is 575 g/mol. The SMILES string of the molecule is COc1ccc(C2CC(C(F)F)n3nc(-c4ccc(CC(=O)N5CC(C)NCC5C)cc4)cc3N2)cc1OC.Cl. The Hall–Kier alpha value is -3.37. The van der Waals surface area contributed by atoms with Crippen molar-refractivity contribution in [1.29, 1.82) is 0 Å². The number of amides is 1. The number of ether oxygens (including phenoxy) is 2.